The first kappa shape index (κ1) is 14.5. The van der Waals surface area contributed by atoms with Crippen LogP contribution in [0.4, 0.5) is 0 Å². The van der Waals surface area contributed by atoms with Gasteiger partial charge in [-0.15, -0.1) is 0 Å². The van der Waals surface area contributed by atoms with Crippen molar-refractivity contribution in [1.82, 2.24) is 0 Å². The molecule has 0 bridgehead atoms. The van der Waals surface area contributed by atoms with Gasteiger partial charge in [0.2, 0.25) is 0 Å². The summed E-state index contributed by atoms with van der Waals surface area (Å²) in [5, 5.41) is 18.6. The molecule has 2 N–H and O–H groups in total. The molecule has 0 amide bonds. The van der Waals surface area contributed by atoms with Gasteiger partial charge in [-0.3, -0.25) is 0 Å². The van der Waals surface area contributed by atoms with Crippen molar-refractivity contribution in [3.8, 4) is 11.1 Å². The Bertz CT molecular complexity index is 655. The van der Waals surface area contributed by atoms with Gasteiger partial charge in [0.15, 0.2) is 0 Å². The summed E-state index contributed by atoms with van der Waals surface area (Å²) < 4.78 is 0.993. The molecule has 0 spiro atoms. The molecular weight excluding hydrogens is 371 g/mol. The van der Waals surface area contributed by atoms with Gasteiger partial charge in [0.25, 0.3) is 0 Å². The standard InChI is InChI=1S/C15H11IO4/c1-8-6-11(14(17)18)13(12(7-8)15(19)20)9-2-4-10(16)5-3-9/h2-7H,1H3,(H,17,18)(H,19,20). The predicted molar refractivity (Wildman–Crippen MR) is 83.3 cm³/mol. The number of hydrogen-bond donors (Lipinski definition) is 2. The van der Waals surface area contributed by atoms with E-state index in [9.17, 15) is 19.8 Å². The molecule has 0 aromatic heterocycles. The van der Waals surface area contributed by atoms with Crippen molar-refractivity contribution in [3.63, 3.8) is 0 Å². The molecule has 0 aliphatic carbocycles. The van der Waals surface area contributed by atoms with Crippen LogP contribution in [0.25, 0.3) is 11.1 Å². The lowest BCUT2D eigenvalue weighted by Crippen LogP contribution is -2.08. The van der Waals surface area contributed by atoms with Crippen LogP contribution in [-0.4, -0.2) is 22.2 Å². The summed E-state index contributed by atoms with van der Waals surface area (Å²) in [5.74, 6) is -2.27. The fraction of sp³-hybridized carbons (Fsp3) is 0.0667. The molecule has 0 unspecified atom stereocenters. The molecule has 2 aromatic rings. The Hall–Kier alpha value is -1.89. The van der Waals surface area contributed by atoms with E-state index < -0.39 is 11.9 Å². The van der Waals surface area contributed by atoms with Crippen LogP contribution in [-0.2, 0) is 0 Å². The normalized spacial score (nSPS) is 10.3. The number of rotatable bonds is 3. The zero-order chi connectivity index (χ0) is 14.9. The van der Waals surface area contributed by atoms with E-state index >= 15 is 0 Å². The smallest absolute Gasteiger partial charge is 0.336 e. The van der Waals surface area contributed by atoms with Crippen molar-refractivity contribution in [2.24, 2.45) is 0 Å². The van der Waals surface area contributed by atoms with Gasteiger partial charge in [-0.2, -0.15) is 0 Å². The summed E-state index contributed by atoms with van der Waals surface area (Å²) >= 11 is 2.13. The molecule has 0 aliphatic rings. The van der Waals surface area contributed by atoms with Gasteiger partial charge in [0, 0.05) is 9.13 Å². The fourth-order valence-electron chi connectivity index (χ4n) is 2.05. The number of halogens is 1. The Labute approximate surface area is 129 Å². The highest BCUT2D eigenvalue weighted by atomic mass is 127. The maximum atomic E-state index is 11.4. The van der Waals surface area contributed by atoms with E-state index in [2.05, 4.69) is 22.6 Å². The predicted octanol–water partition coefficient (Wildman–Crippen LogP) is 3.66. The largest absolute Gasteiger partial charge is 0.478 e. The van der Waals surface area contributed by atoms with Gasteiger partial charge >= 0.3 is 11.9 Å². The van der Waals surface area contributed by atoms with Crippen LogP contribution < -0.4 is 0 Å². The molecule has 0 saturated heterocycles. The van der Waals surface area contributed by atoms with E-state index in [0.29, 0.717) is 11.1 Å². The minimum atomic E-state index is -1.13. The van der Waals surface area contributed by atoms with Crippen molar-refractivity contribution >= 4 is 34.5 Å². The van der Waals surface area contributed by atoms with Crippen molar-refractivity contribution in [2.45, 2.75) is 6.92 Å². The fourth-order valence-corrected chi connectivity index (χ4v) is 2.41. The maximum Gasteiger partial charge on any atom is 0.336 e. The number of aryl methyl sites for hydroxylation is 1. The SMILES string of the molecule is Cc1cc(C(=O)O)c(-c2ccc(I)cc2)c(C(=O)O)c1. The molecule has 102 valence electrons. The average Bonchev–Trinajstić information content (AvgIpc) is 2.38. The second-order valence-electron chi connectivity index (χ2n) is 4.35. The van der Waals surface area contributed by atoms with Crippen molar-refractivity contribution in [1.29, 1.82) is 0 Å². The number of carboxylic acids is 2. The molecule has 2 aromatic carbocycles. The minimum absolute atomic E-state index is 0.00334. The summed E-state index contributed by atoms with van der Waals surface area (Å²) in [6.45, 7) is 1.68. The van der Waals surface area contributed by atoms with E-state index in [1.807, 2.05) is 12.1 Å². The third kappa shape index (κ3) is 2.82. The number of benzene rings is 2. The van der Waals surface area contributed by atoms with Gasteiger partial charge in [-0.05, 0) is 64.9 Å². The van der Waals surface area contributed by atoms with Crippen LogP contribution >= 0.6 is 22.6 Å². The van der Waals surface area contributed by atoms with E-state index in [1.54, 1.807) is 19.1 Å². The van der Waals surface area contributed by atoms with Crippen LogP contribution in [0.5, 0.6) is 0 Å². The zero-order valence-electron chi connectivity index (χ0n) is 10.6. The molecule has 0 fully saturated rings. The lowest BCUT2D eigenvalue weighted by molar-refractivity contribution is 0.0696. The first-order valence-electron chi connectivity index (χ1n) is 5.77. The Kier molecular flexibility index (Phi) is 4.08. The number of aromatic carboxylic acids is 2. The molecule has 0 aliphatic heterocycles. The molecule has 4 nitrogen and oxygen atoms in total. The van der Waals surface area contributed by atoms with Gasteiger partial charge in [0.1, 0.15) is 0 Å². The van der Waals surface area contributed by atoms with Crippen molar-refractivity contribution in [2.75, 3.05) is 0 Å². The van der Waals surface area contributed by atoms with E-state index in [4.69, 9.17) is 0 Å². The van der Waals surface area contributed by atoms with E-state index in [-0.39, 0.29) is 16.7 Å². The summed E-state index contributed by atoms with van der Waals surface area (Å²) in [5.41, 5.74) is 1.44. The van der Waals surface area contributed by atoms with Gasteiger partial charge in [-0.25, -0.2) is 9.59 Å². The van der Waals surface area contributed by atoms with Crippen LogP contribution in [0.2, 0.25) is 0 Å². The lowest BCUT2D eigenvalue weighted by atomic mass is 9.92. The molecule has 0 radical (unpaired) electrons. The highest BCUT2D eigenvalue weighted by Gasteiger charge is 2.20. The Morgan fingerprint density at radius 3 is 1.80 bits per heavy atom. The number of carbonyl (C=O) groups is 2. The summed E-state index contributed by atoms with van der Waals surface area (Å²) in [6.07, 6.45) is 0. The van der Waals surface area contributed by atoms with E-state index in [1.165, 1.54) is 12.1 Å². The number of hydrogen-bond acceptors (Lipinski definition) is 2. The summed E-state index contributed by atoms with van der Waals surface area (Å²) in [4.78, 5) is 22.8. The zero-order valence-corrected chi connectivity index (χ0v) is 12.7. The molecule has 0 saturated carbocycles. The first-order chi connectivity index (χ1) is 9.40. The maximum absolute atomic E-state index is 11.4. The molecule has 0 atom stereocenters. The quantitative estimate of drug-likeness (QED) is 0.795. The third-order valence-corrected chi connectivity index (χ3v) is 3.60. The first-order valence-corrected chi connectivity index (χ1v) is 6.85. The third-order valence-electron chi connectivity index (χ3n) is 2.88. The monoisotopic (exact) mass is 382 g/mol. The van der Waals surface area contributed by atoms with Crippen LogP contribution in [0.3, 0.4) is 0 Å². The Morgan fingerprint density at radius 2 is 1.40 bits per heavy atom. The van der Waals surface area contributed by atoms with Crippen LogP contribution in [0.15, 0.2) is 36.4 Å². The Morgan fingerprint density at radius 1 is 0.950 bits per heavy atom. The van der Waals surface area contributed by atoms with Gasteiger partial charge < -0.3 is 10.2 Å². The summed E-state index contributed by atoms with van der Waals surface area (Å²) in [7, 11) is 0. The van der Waals surface area contributed by atoms with Crippen molar-refractivity contribution < 1.29 is 19.8 Å². The highest BCUT2D eigenvalue weighted by Crippen LogP contribution is 2.30. The van der Waals surface area contributed by atoms with E-state index in [0.717, 1.165) is 3.57 Å². The lowest BCUT2D eigenvalue weighted by Gasteiger charge is -2.12. The molecule has 5 heteroatoms. The topological polar surface area (TPSA) is 74.6 Å². The molecule has 20 heavy (non-hydrogen) atoms. The number of carboxylic acid groups (broad SMARTS) is 2. The minimum Gasteiger partial charge on any atom is -0.478 e. The van der Waals surface area contributed by atoms with Gasteiger partial charge in [-0.1, -0.05) is 12.1 Å². The van der Waals surface area contributed by atoms with Crippen LogP contribution in [0, 0.1) is 10.5 Å². The second-order valence-corrected chi connectivity index (χ2v) is 5.60. The van der Waals surface area contributed by atoms with Crippen molar-refractivity contribution in [3.05, 3.63) is 56.7 Å². The molecular formula is C15H11IO4. The molecule has 0 heterocycles. The van der Waals surface area contributed by atoms with Gasteiger partial charge in [0.05, 0.1) is 11.1 Å². The highest BCUT2D eigenvalue weighted by molar-refractivity contribution is 14.1. The van der Waals surface area contributed by atoms with Crippen LogP contribution in [0.1, 0.15) is 26.3 Å². The summed E-state index contributed by atoms with van der Waals surface area (Å²) in [6, 6.07) is 10.1. The average molecular weight is 382 g/mol. The Balaban J connectivity index is 2.80. The molecule has 2 rings (SSSR count). The second kappa shape index (κ2) is 5.62.